The average Bonchev–Trinajstić information content (AvgIpc) is 2.30. The van der Waals surface area contributed by atoms with E-state index in [0.29, 0.717) is 5.92 Å². The molecule has 1 aliphatic carbocycles. The minimum atomic E-state index is -3.64. The second-order valence-corrected chi connectivity index (χ2v) is 5.64. The fraction of sp³-hybridized carbons (Fsp3) is 0.875. The molecule has 2 atom stereocenters. The van der Waals surface area contributed by atoms with Crippen LogP contribution in [0, 0.1) is 5.92 Å². The van der Waals surface area contributed by atoms with Gasteiger partial charge < -0.3 is 5.11 Å². The number of rotatable bonds is 4. The van der Waals surface area contributed by atoms with Gasteiger partial charge in [0.05, 0.1) is 0 Å². The molecule has 0 aliphatic heterocycles. The van der Waals surface area contributed by atoms with Crippen molar-refractivity contribution in [3.8, 4) is 0 Å². The molecule has 82 valence electrons. The van der Waals surface area contributed by atoms with Gasteiger partial charge in [-0.3, -0.25) is 4.79 Å². The summed E-state index contributed by atoms with van der Waals surface area (Å²) in [6, 6.07) is -0.0747. The van der Waals surface area contributed by atoms with Crippen molar-refractivity contribution < 1.29 is 18.3 Å². The number of hydrogen-bond acceptors (Lipinski definition) is 3. The van der Waals surface area contributed by atoms with E-state index in [1.54, 1.807) is 0 Å². The Hall–Kier alpha value is -0.620. The van der Waals surface area contributed by atoms with E-state index < -0.39 is 21.7 Å². The molecule has 0 aromatic heterocycles. The minimum Gasteiger partial charge on any atom is -0.480 e. The van der Waals surface area contributed by atoms with Gasteiger partial charge in [-0.2, -0.15) is 0 Å². The molecular formula is C8H15NO4S. The maximum atomic E-state index is 11.2. The van der Waals surface area contributed by atoms with E-state index in [1.165, 1.54) is 0 Å². The second kappa shape index (κ2) is 4.27. The van der Waals surface area contributed by atoms with Crippen LogP contribution in [-0.4, -0.2) is 31.3 Å². The summed E-state index contributed by atoms with van der Waals surface area (Å²) in [4.78, 5) is 10.2. The van der Waals surface area contributed by atoms with E-state index in [0.717, 1.165) is 19.3 Å². The SMILES string of the molecule is CC1CCC(NS(=O)(=O)CC(=O)O)C1. The van der Waals surface area contributed by atoms with E-state index in [-0.39, 0.29) is 6.04 Å². The molecule has 1 rings (SSSR count). The van der Waals surface area contributed by atoms with Gasteiger partial charge in [0.1, 0.15) is 0 Å². The molecule has 0 aromatic rings. The second-order valence-electron chi connectivity index (χ2n) is 3.89. The fourth-order valence-electron chi connectivity index (χ4n) is 1.77. The third-order valence-corrected chi connectivity index (χ3v) is 3.67. The maximum absolute atomic E-state index is 11.2. The molecule has 1 aliphatic rings. The van der Waals surface area contributed by atoms with Crippen molar-refractivity contribution in [3.05, 3.63) is 0 Å². The zero-order chi connectivity index (χ0) is 10.8. The van der Waals surface area contributed by atoms with Gasteiger partial charge in [0, 0.05) is 6.04 Å². The van der Waals surface area contributed by atoms with Crippen LogP contribution in [0.1, 0.15) is 26.2 Å². The number of carboxylic acids is 1. The molecule has 0 aromatic carbocycles. The smallest absolute Gasteiger partial charge is 0.320 e. The van der Waals surface area contributed by atoms with Crippen LogP contribution < -0.4 is 4.72 Å². The van der Waals surface area contributed by atoms with Crippen LogP contribution in [0.5, 0.6) is 0 Å². The first kappa shape index (κ1) is 11.5. The van der Waals surface area contributed by atoms with Crippen LogP contribution in [0.15, 0.2) is 0 Å². The van der Waals surface area contributed by atoms with Crippen LogP contribution in [0.25, 0.3) is 0 Å². The summed E-state index contributed by atoms with van der Waals surface area (Å²) >= 11 is 0. The predicted molar refractivity (Wildman–Crippen MR) is 51.4 cm³/mol. The van der Waals surface area contributed by atoms with E-state index >= 15 is 0 Å². The first-order chi connectivity index (χ1) is 6.39. The molecular weight excluding hydrogens is 206 g/mol. The van der Waals surface area contributed by atoms with Crippen LogP contribution in [-0.2, 0) is 14.8 Å². The summed E-state index contributed by atoms with van der Waals surface area (Å²) in [7, 11) is -3.64. The van der Waals surface area contributed by atoms with Crippen molar-refractivity contribution in [2.24, 2.45) is 5.92 Å². The van der Waals surface area contributed by atoms with Gasteiger partial charge in [-0.1, -0.05) is 6.92 Å². The highest BCUT2D eigenvalue weighted by molar-refractivity contribution is 7.90. The first-order valence-electron chi connectivity index (χ1n) is 4.61. The fourth-order valence-corrected chi connectivity index (χ4v) is 2.90. The summed E-state index contributed by atoms with van der Waals surface area (Å²) in [5, 5.41) is 8.36. The lowest BCUT2D eigenvalue weighted by Crippen LogP contribution is -2.36. The number of nitrogens with one attached hydrogen (secondary N) is 1. The van der Waals surface area contributed by atoms with Crippen molar-refractivity contribution in [2.75, 3.05) is 5.75 Å². The van der Waals surface area contributed by atoms with Gasteiger partial charge in [-0.15, -0.1) is 0 Å². The van der Waals surface area contributed by atoms with Crippen molar-refractivity contribution >= 4 is 16.0 Å². The zero-order valence-corrected chi connectivity index (χ0v) is 8.88. The number of sulfonamides is 1. The number of carbonyl (C=O) groups is 1. The lowest BCUT2D eigenvalue weighted by molar-refractivity contribution is -0.134. The molecule has 0 saturated heterocycles. The Bertz CT molecular complexity index is 311. The van der Waals surface area contributed by atoms with Gasteiger partial charge >= 0.3 is 5.97 Å². The normalized spacial score (nSPS) is 27.8. The molecule has 2 unspecified atom stereocenters. The van der Waals surface area contributed by atoms with Crippen LogP contribution in [0.2, 0.25) is 0 Å². The summed E-state index contributed by atoms with van der Waals surface area (Å²) in [5.41, 5.74) is 0. The maximum Gasteiger partial charge on any atom is 0.320 e. The van der Waals surface area contributed by atoms with Gasteiger partial charge in [-0.05, 0) is 25.2 Å². The number of hydrogen-bond donors (Lipinski definition) is 2. The molecule has 1 fully saturated rings. The van der Waals surface area contributed by atoms with Crippen molar-refractivity contribution in [2.45, 2.75) is 32.2 Å². The Balaban J connectivity index is 2.47. The molecule has 0 spiro atoms. The monoisotopic (exact) mass is 221 g/mol. The first-order valence-corrected chi connectivity index (χ1v) is 6.26. The Morgan fingerprint density at radius 3 is 2.57 bits per heavy atom. The Kier molecular flexibility index (Phi) is 3.49. The van der Waals surface area contributed by atoms with E-state index in [4.69, 9.17) is 5.11 Å². The topological polar surface area (TPSA) is 83.5 Å². The molecule has 14 heavy (non-hydrogen) atoms. The summed E-state index contributed by atoms with van der Waals surface area (Å²) in [6.07, 6.45) is 2.61. The number of carboxylic acid groups (broad SMARTS) is 1. The molecule has 0 amide bonds. The summed E-state index contributed by atoms with van der Waals surface area (Å²) < 4.78 is 24.8. The highest BCUT2D eigenvalue weighted by Gasteiger charge is 2.26. The van der Waals surface area contributed by atoms with E-state index in [1.807, 2.05) is 0 Å². The Morgan fingerprint density at radius 2 is 2.14 bits per heavy atom. The molecule has 1 saturated carbocycles. The largest absolute Gasteiger partial charge is 0.480 e. The van der Waals surface area contributed by atoms with E-state index in [2.05, 4.69) is 11.6 Å². The number of aliphatic carboxylic acids is 1. The molecule has 0 heterocycles. The highest BCUT2D eigenvalue weighted by atomic mass is 32.2. The third kappa shape index (κ3) is 3.63. The van der Waals surface area contributed by atoms with Crippen LogP contribution in [0.3, 0.4) is 0 Å². The van der Waals surface area contributed by atoms with Gasteiger partial charge in [0.2, 0.25) is 10.0 Å². The quantitative estimate of drug-likeness (QED) is 0.709. The van der Waals surface area contributed by atoms with Gasteiger partial charge in [0.25, 0.3) is 0 Å². The molecule has 0 radical (unpaired) electrons. The van der Waals surface area contributed by atoms with Crippen molar-refractivity contribution in [1.29, 1.82) is 0 Å². The summed E-state index contributed by atoms with van der Waals surface area (Å²) in [5.74, 6) is -1.63. The van der Waals surface area contributed by atoms with Gasteiger partial charge in [0.15, 0.2) is 5.75 Å². The molecule has 6 heteroatoms. The zero-order valence-electron chi connectivity index (χ0n) is 8.06. The van der Waals surface area contributed by atoms with Crippen LogP contribution in [0.4, 0.5) is 0 Å². The molecule has 5 nitrogen and oxygen atoms in total. The van der Waals surface area contributed by atoms with Crippen molar-refractivity contribution in [1.82, 2.24) is 4.72 Å². The van der Waals surface area contributed by atoms with Gasteiger partial charge in [-0.25, -0.2) is 13.1 Å². The lowest BCUT2D eigenvalue weighted by atomic mass is 10.1. The molecule has 2 N–H and O–H groups in total. The Morgan fingerprint density at radius 1 is 1.50 bits per heavy atom. The van der Waals surface area contributed by atoms with E-state index in [9.17, 15) is 13.2 Å². The minimum absolute atomic E-state index is 0.0747. The standard InChI is InChI=1S/C8H15NO4S/c1-6-2-3-7(4-6)9-14(12,13)5-8(10)11/h6-7,9H,2-5H2,1H3,(H,10,11). The predicted octanol–water partition coefficient (Wildman–Crippen LogP) is 0.179. The highest BCUT2D eigenvalue weighted by Crippen LogP contribution is 2.24. The molecule has 0 bridgehead atoms. The van der Waals surface area contributed by atoms with Crippen molar-refractivity contribution in [3.63, 3.8) is 0 Å². The van der Waals surface area contributed by atoms with Crippen LogP contribution >= 0.6 is 0 Å². The lowest BCUT2D eigenvalue weighted by Gasteiger charge is -2.11. The summed E-state index contributed by atoms with van der Waals surface area (Å²) in [6.45, 7) is 2.06. The average molecular weight is 221 g/mol. The Labute approximate surface area is 83.6 Å². The third-order valence-electron chi connectivity index (χ3n) is 2.35.